The molecule has 2 aromatic carbocycles. The van der Waals surface area contributed by atoms with Gasteiger partial charge in [-0.15, -0.1) is 0 Å². The summed E-state index contributed by atoms with van der Waals surface area (Å²) in [5.41, 5.74) is 1.76. The Balaban J connectivity index is 1.75. The number of methoxy groups -OCH3 is 1. The van der Waals surface area contributed by atoms with Gasteiger partial charge in [-0.25, -0.2) is 4.79 Å². The number of urea groups is 1. The lowest BCUT2D eigenvalue weighted by molar-refractivity contribution is 0.207. The number of halogens is 1. The molecular formula is C18H19ClN2O2. The Morgan fingerprint density at radius 1 is 1.22 bits per heavy atom. The number of ether oxygens (including phenoxy) is 1. The summed E-state index contributed by atoms with van der Waals surface area (Å²) in [6, 6.07) is 15.1. The maximum Gasteiger partial charge on any atom is 0.322 e. The topological polar surface area (TPSA) is 41.6 Å². The van der Waals surface area contributed by atoms with Crippen LogP contribution in [0.15, 0.2) is 48.5 Å². The Labute approximate surface area is 141 Å². The average molecular weight is 331 g/mol. The van der Waals surface area contributed by atoms with Gasteiger partial charge in [0.1, 0.15) is 5.75 Å². The first-order chi connectivity index (χ1) is 11.2. The van der Waals surface area contributed by atoms with Gasteiger partial charge >= 0.3 is 6.03 Å². The lowest BCUT2D eigenvalue weighted by Gasteiger charge is -2.25. The Morgan fingerprint density at radius 2 is 1.96 bits per heavy atom. The number of amides is 2. The van der Waals surface area contributed by atoms with Crippen molar-refractivity contribution in [3.8, 4) is 5.75 Å². The van der Waals surface area contributed by atoms with Crippen molar-refractivity contribution < 1.29 is 9.53 Å². The van der Waals surface area contributed by atoms with Gasteiger partial charge in [-0.1, -0.05) is 35.9 Å². The molecule has 1 heterocycles. The highest BCUT2D eigenvalue weighted by molar-refractivity contribution is 6.33. The first-order valence-electron chi connectivity index (χ1n) is 7.65. The molecule has 0 spiro atoms. The van der Waals surface area contributed by atoms with Crippen molar-refractivity contribution in [2.75, 3.05) is 19.0 Å². The fraction of sp³-hybridized carbons (Fsp3) is 0.278. The molecule has 1 atom stereocenters. The zero-order valence-electron chi connectivity index (χ0n) is 13.0. The molecule has 0 aromatic heterocycles. The number of nitrogens with one attached hydrogen (secondary N) is 1. The molecule has 2 amide bonds. The normalized spacial score (nSPS) is 17.1. The zero-order chi connectivity index (χ0) is 16.2. The summed E-state index contributed by atoms with van der Waals surface area (Å²) in [5, 5.41) is 3.45. The number of carbonyl (C=O) groups excluding carboxylic acids is 1. The Hall–Kier alpha value is -2.20. The maximum atomic E-state index is 12.6. The Morgan fingerprint density at radius 3 is 2.65 bits per heavy atom. The number of rotatable bonds is 3. The van der Waals surface area contributed by atoms with E-state index in [-0.39, 0.29) is 12.1 Å². The van der Waals surface area contributed by atoms with Gasteiger partial charge in [-0.05, 0) is 42.7 Å². The van der Waals surface area contributed by atoms with Crippen LogP contribution in [0, 0.1) is 0 Å². The highest BCUT2D eigenvalue weighted by Gasteiger charge is 2.30. The predicted molar refractivity (Wildman–Crippen MR) is 92.1 cm³/mol. The van der Waals surface area contributed by atoms with Gasteiger partial charge in [-0.2, -0.15) is 0 Å². The van der Waals surface area contributed by atoms with Gasteiger partial charge in [0.05, 0.1) is 23.9 Å². The zero-order valence-corrected chi connectivity index (χ0v) is 13.7. The second-order valence-electron chi connectivity index (χ2n) is 5.53. The fourth-order valence-electron chi connectivity index (χ4n) is 2.93. The number of anilines is 1. The van der Waals surface area contributed by atoms with Crippen LogP contribution >= 0.6 is 11.6 Å². The van der Waals surface area contributed by atoms with E-state index in [1.54, 1.807) is 19.2 Å². The first-order valence-corrected chi connectivity index (χ1v) is 8.03. The van der Waals surface area contributed by atoms with Crippen LogP contribution in [-0.4, -0.2) is 24.6 Å². The summed E-state index contributed by atoms with van der Waals surface area (Å²) in [4.78, 5) is 14.5. The third-order valence-corrected chi connectivity index (χ3v) is 4.46. The van der Waals surface area contributed by atoms with E-state index in [4.69, 9.17) is 16.3 Å². The van der Waals surface area contributed by atoms with E-state index in [0.717, 1.165) is 30.7 Å². The summed E-state index contributed by atoms with van der Waals surface area (Å²) in [6.45, 7) is 0.743. The van der Waals surface area contributed by atoms with Crippen LogP contribution in [0.1, 0.15) is 24.4 Å². The monoisotopic (exact) mass is 330 g/mol. The van der Waals surface area contributed by atoms with E-state index in [2.05, 4.69) is 5.32 Å². The minimum absolute atomic E-state index is 0.0865. The van der Waals surface area contributed by atoms with Crippen LogP contribution in [0.5, 0.6) is 5.75 Å². The predicted octanol–water partition coefficient (Wildman–Crippen LogP) is 4.72. The average Bonchev–Trinajstić information content (AvgIpc) is 3.07. The van der Waals surface area contributed by atoms with E-state index in [1.165, 1.54) is 0 Å². The fourth-order valence-corrected chi connectivity index (χ4v) is 3.11. The van der Waals surface area contributed by atoms with E-state index in [1.807, 2.05) is 41.3 Å². The van der Waals surface area contributed by atoms with Crippen molar-refractivity contribution >= 4 is 23.3 Å². The van der Waals surface area contributed by atoms with E-state index >= 15 is 0 Å². The summed E-state index contributed by atoms with van der Waals surface area (Å²) < 4.78 is 5.19. The van der Waals surface area contributed by atoms with E-state index in [9.17, 15) is 4.79 Å². The van der Waals surface area contributed by atoms with Gasteiger partial charge < -0.3 is 15.0 Å². The second-order valence-corrected chi connectivity index (χ2v) is 5.94. The number of para-hydroxylation sites is 1. The van der Waals surface area contributed by atoms with Crippen molar-refractivity contribution in [2.45, 2.75) is 18.9 Å². The van der Waals surface area contributed by atoms with E-state index < -0.39 is 0 Å². The number of carbonyl (C=O) groups is 1. The first kappa shape index (κ1) is 15.7. The van der Waals surface area contributed by atoms with Gasteiger partial charge in [-0.3, -0.25) is 0 Å². The molecule has 2 aromatic rings. The summed E-state index contributed by atoms with van der Waals surface area (Å²) in [6.07, 6.45) is 1.95. The van der Waals surface area contributed by atoms with Crippen LogP contribution in [0.3, 0.4) is 0 Å². The number of likely N-dealkylation sites (tertiary alicyclic amines) is 1. The summed E-state index contributed by atoms with van der Waals surface area (Å²) in [5.74, 6) is 0.818. The number of benzene rings is 2. The molecule has 0 saturated carbocycles. The molecule has 0 unspecified atom stereocenters. The summed E-state index contributed by atoms with van der Waals surface area (Å²) in [7, 11) is 1.65. The molecule has 5 heteroatoms. The van der Waals surface area contributed by atoms with Crippen LogP contribution in [0.4, 0.5) is 10.5 Å². The van der Waals surface area contributed by atoms with Crippen molar-refractivity contribution in [1.82, 2.24) is 4.90 Å². The van der Waals surface area contributed by atoms with Crippen molar-refractivity contribution in [2.24, 2.45) is 0 Å². The molecule has 0 aliphatic carbocycles. The van der Waals surface area contributed by atoms with Crippen LogP contribution in [0.25, 0.3) is 0 Å². The second kappa shape index (κ2) is 6.92. The van der Waals surface area contributed by atoms with Gasteiger partial charge in [0.25, 0.3) is 0 Å². The number of hydrogen-bond donors (Lipinski definition) is 1. The molecule has 1 fully saturated rings. The molecule has 0 bridgehead atoms. The molecule has 23 heavy (non-hydrogen) atoms. The lowest BCUT2D eigenvalue weighted by Crippen LogP contribution is -2.34. The quantitative estimate of drug-likeness (QED) is 0.884. The molecule has 1 saturated heterocycles. The standard InChI is InChI=1S/C18H19ClN2O2/c1-23-14-10-8-13(9-11-14)17-7-4-12-21(17)18(22)20-16-6-3-2-5-15(16)19/h2-3,5-6,8-11,17H,4,7,12H2,1H3,(H,20,22)/t17-/m1/s1. The van der Waals surface area contributed by atoms with Gasteiger partial charge in [0, 0.05) is 6.54 Å². The molecule has 1 aliphatic heterocycles. The molecular weight excluding hydrogens is 312 g/mol. The molecule has 3 rings (SSSR count). The summed E-state index contributed by atoms with van der Waals surface area (Å²) >= 11 is 6.11. The van der Waals surface area contributed by atoms with Crippen LogP contribution in [0.2, 0.25) is 5.02 Å². The third-order valence-electron chi connectivity index (χ3n) is 4.13. The minimum atomic E-state index is -0.114. The highest BCUT2D eigenvalue weighted by atomic mass is 35.5. The largest absolute Gasteiger partial charge is 0.497 e. The number of hydrogen-bond acceptors (Lipinski definition) is 2. The van der Waals surface area contributed by atoms with Crippen molar-refractivity contribution in [3.63, 3.8) is 0 Å². The van der Waals surface area contributed by atoms with Crippen LogP contribution < -0.4 is 10.1 Å². The maximum absolute atomic E-state index is 12.6. The van der Waals surface area contributed by atoms with E-state index in [0.29, 0.717) is 10.7 Å². The van der Waals surface area contributed by atoms with Gasteiger partial charge in [0.15, 0.2) is 0 Å². The Kier molecular flexibility index (Phi) is 4.72. The molecule has 0 radical (unpaired) electrons. The molecule has 1 aliphatic rings. The van der Waals surface area contributed by atoms with Crippen LogP contribution in [-0.2, 0) is 0 Å². The Bertz CT molecular complexity index is 688. The SMILES string of the molecule is COc1ccc([C@H]2CCCN2C(=O)Nc2ccccc2Cl)cc1. The number of nitrogens with zero attached hydrogens (tertiary/aromatic N) is 1. The lowest BCUT2D eigenvalue weighted by atomic mass is 10.0. The molecule has 120 valence electrons. The third kappa shape index (κ3) is 3.42. The van der Waals surface area contributed by atoms with Crippen molar-refractivity contribution in [3.05, 3.63) is 59.1 Å². The van der Waals surface area contributed by atoms with Gasteiger partial charge in [0.2, 0.25) is 0 Å². The minimum Gasteiger partial charge on any atom is -0.497 e. The molecule has 4 nitrogen and oxygen atoms in total. The van der Waals surface area contributed by atoms with Crippen molar-refractivity contribution in [1.29, 1.82) is 0 Å². The molecule has 1 N–H and O–H groups in total. The highest BCUT2D eigenvalue weighted by Crippen LogP contribution is 2.33. The smallest absolute Gasteiger partial charge is 0.322 e.